The molecule has 1 aliphatic carbocycles. The minimum absolute atomic E-state index is 0.0390. The number of rotatable bonds is 7. The van der Waals surface area contributed by atoms with E-state index >= 15 is 0 Å². The summed E-state index contributed by atoms with van der Waals surface area (Å²) in [5.41, 5.74) is 1.32. The number of ketones is 1. The number of nitrogens with one attached hydrogen (secondary N) is 1. The smallest absolute Gasteiger partial charge is 0.226 e. The van der Waals surface area contributed by atoms with Crippen molar-refractivity contribution in [2.45, 2.75) is 50.1 Å². The second-order valence-electron chi connectivity index (χ2n) is 6.60. The van der Waals surface area contributed by atoms with Gasteiger partial charge >= 0.3 is 0 Å². The number of nitrogens with zero attached hydrogens (tertiary/aromatic N) is 3. The maximum absolute atomic E-state index is 12.6. The van der Waals surface area contributed by atoms with Gasteiger partial charge in [-0.15, -0.1) is 10.2 Å². The van der Waals surface area contributed by atoms with Crippen molar-refractivity contribution >= 4 is 29.1 Å². The summed E-state index contributed by atoms with van der Waals surface area (Å²) in [6, 6.07) is 7.51. The van der Waals surface area contributed by atoms with Gasteiger partial charge in [-0.25, -0.2) is 0 Å². The van der Waals surface area contributed by atoms with Crippen molar-refractivity contribution in [3.63, 3.8) is 0 Å². The van der Waals surface area contributed by atoms with Crippen LogP contribution < -0.4 is 5.32 Å². The van der Waals surface area contributed by atoms with Crippen molar-refractivity contribution in [3.05, 3.63) is 36.2 Å². The topological polar surface area (TPSA) is 76.9 Å². The fourth-order valence-corrected chi connectivity index (χ4v) is 3.34. The summed E-state index contributed by atoms with van der Waals surface area (Å²) in [5.74, 6) is -0.0824. The lowest BCUT2D eigenvalue weighted by atomic mass is 10.1. The Kier molecular flexibility index (Phi) is 5.22. The van der Waals surface area contributed by atoms with E-state index in [0.29, 0.717) is 17.3 Å². The quantitative estimate of drug-likeness (QED) is 0.605. The molecule has 1 unspecified atom stereocenters. The number of carbonyl (C=O) groups is 2. The molecule has 2 aromatic rings. The Balaban J connectivity index is 1.63. The van der Waals surface area contributed by atoms with E-state index in [0.717, 1.165) is 18.0 Å². The SMILES string of the molecule is CC(C)C(=O)Nc1ccc(C(=O)C(C)Sc2nncn2C2CC2)cc1. The van der Waals surface area contributed by atoms with E-state index in [9.17, 15) is 9.59 Å². The molecule has 0 saturated heterocycles. The summed E-state index contributed by atoms with van der Waals surface area (Å²) < 4.78 is 2.05. The van der Waals surface area contributed by atoms with Crippen LogP contribution in [-0.4, -0.2) is 31.7 Å². The van der Waals surface area contributed by atoms with Gasteiger partial charge in [0.15, 0.2) is 10.9 Å². The number of hydrogen-bond acceptors (Lipinski definition) is 5. The highest BCUT2D eigenvalue weighted by molar-refractivity contribution is 8.00. The summed E-state index contributed by atoms with van der Waals surface area (Å²) in [6.07, 6.45) is 4.04. The van der Waals surface area contributed by atoms with E-state index in [1.54, 1.807) is 30.6 Å². The summed E-state index contributed by atoms with van der Waals surface area (Å²) in [7, 11) is 0. The number of carbonyl (C=O) groups excluding carboxylic acids is 2. The number of anilines is 1. The molecule has 0 bridgehead atoms. The van der Waals surface area contributed by atoms with Gasteiger partial charge in [0.25, 0.3) is 0 Å². The predicted molar refractivity (Wildman–Crippen MR) is 97.9 cm³/mol. The first kappa shape index (κ1) is 17.7. The van der Waals surface area contributed by atoms with Gasteiger partial charge in [-0.2, -0.15) is 0 Å². The van der Waals surface area contributed by atoms with Gasteiger partial charge < -0.3 is 9.88 Å². The zero-order valence-corrected chi connectivity index (χ0v) is 15.4. The molecule has 132 valence electrons. The molecule has 1 heterocycles. The molecule has 1 saturated carbocycles. The van der Waals surface area contributed by atoms with Gasteiger partial charge in [0, 0.05) is 23.2 Å². The fraction of sp³-hybridized carbons (Fsp3) is 0.444. The van der Waals surface area contributed by atoms with Crippen molar-refractivity contribution < 1.29 is 9.59 Å². The molecule has 1 amide bonds. The molecule has 0 spiro atoms. The lowest BCUT2D eigenvalue weighted by Crippen LogP contribution is -2.18. The number of amides is 1. The van der Waals surface area contributed by atoms with Crippen molar-refractivity contribution in [3.8, 4) is 0 Å². The average molecular weight is 358 g/mol. The van der Waals surface area contributed by atoms with Gasteiger partial charge in [-0.3, -0.25) is 9.59 Å². The van der Waals surface area contributed by atoms with Crippen LogP contribution in [-0.2, 0) is 4.79 Å². The van der Waals surface area contributed by atoms with E-state index in [4.69, 9.17) is 0 Å². The van der Waals surface area contributed by atoms with E-state index in [1.807, 2.05) is 20.8 Å². The second-order valence-corrected chi connectivity index (χ2v) is 7.91. The van der Waals surface area contributed by atoms with Crippen molar-refractivity contribution in [2.75, 3.05) is 5.32 Å². The summed E-state index contributed by atoms with van der Waals surface area (Å²) in [5, 5.41) is 11.5. The third kappa shape index (κ3) is 4.28. The molecule has 1 atom stereocenters. The largest absolute Gasteiger partial charge is 0.326 e. The molecular weight excluding hydrogens is 336 g/mol. The molecule has 3 rings (SSSR count). The zero-order chi connectivity index (χ0) is 18.0. The highest BCUT2D eigenvalue weighted by atomic mass is 32.2. The molecule has 7 heteroatoms. The molecule has 25 heavy (non-hydrogen) atoms. The highest BCUT2D eigenvalue weighted by Crippen LogP contribution is 2.38. The third-order valence-corrected chi connectivity index (χ3v) is 5.16. The summed E-state index contributed by atoms with van der Waals surface area (Å²) in [4.78, 5) is 24.4. The molecule has 0 aliphatic heterocycles. The number of Topliss-reactive ketones (excluding diaryl/α,β-unsaturated/α-hetero) is 1. The Hall–Kier alpha value is -2.15. The number of benzene rings is 1. The van der Waals surface area contributed by atoms with Crippen LogP contribution in [0.3, 0.4) is 0 Å². The minimum atomic E-state index is -0.252. The Bertz CT molecular complexity index is 766. The normalized spacial score (nSPS) is 15.2. The maximum Gasteiger partial charge on any atom is 0.226 e. The fourth-order valence-electron chi connectivity index (χ4n) is 2.37. The summed E-state index contributed by atoms with van der Waals surface area (Å²) >= 11 is 1.44. The lowest BCUT2D eigenvalue weighted by molar-refractivity contribution is -0.118. The first-order valence-electron chi connectivity index (χ1n) is 8.47. The van der Waals surface area contributed by atoms with E-state index in [1.165, 1.54) is 11.8 Å². The molecule has 0 radical (unpaired) electrons. The molecule has 6 nitrogen and oxygen atoms in total. The molecule has 1 aromatic heterocycles. The molecule has 1 aliphatic rings. The van der Waals surface area contributed by atoms with Crippen LogP contribution in [0.2, 0.25) is 0 Å². The van der Waals surface area contributed by atoms with Gasteiger partial charge in [-0.05, 0) is 44.0 Å². The van der Waals surface area contributed by atoms with E-state index in [-0.39, 0.29) is 22.9 Å². The minimum Gasteiger partial charge on any atom is -0.326 e. The van der Waals surface area contributed by atoms with E-state index < -0.39 is 0 Å². The average Bonchev–Trinajstić information content (AvgIpc) is 3.34. The third-order valence-electron chi connectivity index (χ3n) is 4.09. The van der Waals surface area contributed by atoms with Crippen molar-refractivity contribution in [1.82, 2.24) is 14.8 Å². The molecule has 1 fully saturated rings. The molecule has 1 N–H and O–H groups in total. The molecule has 1 aromatic carbocycles. The highest BCUT2D eigenvalue weighted by Gasteiger charge is 2.28. The van der Waals surface area contributed by atoms with Gasteiger partial charge in [0.1, 0.15) is 6.33 Å². The predicted octanol–water partition coefficient (Wildman–Crippen LogP) is 3.57. The van der Waals surface area contributed by atoms with Crippen LogP contribution in [0.25, 0.3) is 0 Å². The van der Waals surface area contributed by atoms with E-state index in [2.05, 4.69) is 20.1 Å². The Morgan fingerprint density at radius 1 is 1.20 bits per heavy atom. The van der Waals surface area contributed by atoms with Crippen molar-refractivity contribution in [1.29, 1.82) is 0 Å². The van der Waals surface area contributed by atoms with Gasteiger partial charge in [0.05, 0.1) is 5.25 Å². The first-order valence-corrected chi connectivity index (χ1v) is 9.35. The van der Waals surface area contributed by atoms with Crippen LogP contribution in [0.5, 0.6) is 0 Å². The lowest BCUT2D eigenvalue weighted by Gasteiger charge is -2.12. The number of thioether (sulfide) groups is 1. The van der Waals surface area contributed by atoms with Gasteiger partial charge in [-0.1, -0.05) is 25.6 Å². The van der Waals surface area contributed by atoms with Crippen LogP contribution >= 0.6 is 11.8 Å². The monoisotopic (exact) mass is 358 g/mol. The first-order chi connectivity index (χ1) is 12.0. The van der Waals surface area contributed by atoms with Crippen LogP contribution in [0, 0.1) is 5.92 Å². The Labute approximate surface area is 151 Å². The standard InChI is InChI=1S/C18H22N4O2S/c1-11(2)17(24)20-14-6-4-13(5-7-14)16(23)12(3)25-18-21-19-10-22(18)15-8-9-15/h4-7,10-12,15H,8-9H2,1-3H3,(H,20,24). The van der Waals surface area contributed by atoms with Gasteiger partial charge in [0.2, 0.25) is 5.91 Å². The zero-order valence-electron chi connectivity index (χ0n) is 14.6. The number of hydrogen-bond donors (Lipinski definition) is 1. The van der Waals surface area contributed by atoms with Crippen molar-refractivity contribution in [2.24, 2.45) is 5.92 Å². The second kappa shape index (κ2) is 7.39. The number of aromatic nitrogens is 3. The molecular formula is C18H22N4O2S. The maximum atomic E-state index is 12.6. The van der Waals surface area contributed by atoms with Crippen LogP contribution in [0.15, 0.2) is 35.7 Å². The Morgan fingerprint density at radius 2 is 1.88 bits per heavy atom. The summed E-state index contributed by atoms with van der Waals surface area (Å²) in [6.45, 7) is 5.56. The Morgan fingerprint density at radius 3 is 2.48 bits per heavy atom. The van der Waals surface area contributed by atoms with Crippen LogP contribution in [0.4, 0.5) is 5.69 Å². The van der Waals surface area contributed by atoms with Crippen LogP contribution in [0.1, 0.15) is 50.0 Å².